The predicted molar refractivity (Wildman–Crippen MR) is 64.4 cm³/mol. The van der Waals surface area contributed by atoms with Gasteiger partial charge in [0.15, 0.2) is 5.82 Å². The molecule has 1 aliphatic heterocycles. The highest BCUT2D eigenvalue weighted by molar-refractivity contribution is 5.52. The van der Waals surface area contributed by atoms with Gasteiger partial charge in [-0.1, -0.05) is 5.16 Å². The summed E-state index contributed by atoms with van der Waals surface area (Å²) in [6, 6.07) is 6.06. The lowest BCUT2D eigenvalue weighted by molar-refractivity contribution is 0.415. The van der Waals surface area contributed by atoms with Gasteiger partial charge in [0, 0.05) is 12.0 Å². The average Bonchev–Trinajstić information content (AvgIpc) is 3.02. The molecule has 0 bridgehead atoms. The Labute approximate surface area is 104 Å². The summed E-state index contributed by atoms with van der Waals surface area (Å²) in [4.78, 5) is 4.35. The molecule has 0 aliphatic carbocycles. The Morgan fingerprint density at radius 1 is 1.33 bits per heavy atom. The maximum absolute atomic E-state index is 12.8. The molecule has 1 aliphatic rings. The van der Waals surface area contributed by atoms with E-state index in [1.165, 1.54) is 12.1 Å². The molecule has 0 unspecified atom stereocenters. The van der Waals surface area contributed by atoms with Crippen LogP contribution in [-0.2, 0) is 6.42 Å². The molecule has 1 saturated heterocycles. The minimum atomic E-state index is -0.268. The third-order valence-corrected chi connectivity index (χ3v) is 3.19. The zero-order valence-corrected chi connectivity index (χ0v) is 9.90. The van der Waals surface area contributed by atoms with Gasteiger partial charge in [0.05, 0.1) is 0 Å². The number of hydrogen-bond acceptors (Lipinski definition) is 4. The molecular weight excluding hydrogens is 233 g/mol. The van der Waals surface area contributed by atoms with Gasteiger partial charge in [-0.2, -0.15) is 4.98 Å². The number of nitrogens with zero attached hydrogens (tertiary/aromatic N) is 2. The fourth-order valence-electron chi connectivity index (χ4n) is 2.19. The minimum Gasteiger partial charge on any atom is -0.334 e. The smallest absolute Gasteiger partial charge is 0.257 e. The molecular formula is C13H14FN3O. The van der Waals surface area contributed by atoms with Gasteiger partial charge in [0.2, 0.25) is 0 Å². The maximum atomic E-state index is 12.8. The number of benzene rings is 1. The van der Waals surface area contributed by atoms with Gasteiger partial charge in [-0.3, -0.25) is 0 Å². The van der Waals surface area contributed by atoms with E-state index < -0.39 is 0 Å². The van der Waals surface area contributed by atoms with Crippen molar-refractivity contribution in [3.8, 4) is 11.5 Å². The van der Waals surface area contributed by atoms with Crippen LogP contribution in [0.4, 0.5) is 4.39 Å². The number of rotatable bonds is 3. The van der Waals surface area contributed by atoms with Crippen LogP contribution < -0.4 is 5.32 Å². The Morgan fingerprint density at radius 3 is 2.89 bits per heavy atom. The van der Waals surface area contributed by atoms with Crippen LogP contribution in [0, 0.1) is 11.7 Å². The van der Waals surface area contributed by atoms with Gasteiger partial charge in [0.25, 0.3) is 5.89 Å². The molecule has 1 aromatic carbocycles. The zero-order chi connectivity index (χ0) is 12.4. The van der Waals surface area contributed by atoms with Crippen molar-refractivity contribution >= 4 is 0 Å². The summed E-state index contributed by atoms with van der Waals surface area (Å²) in [5.74, 6) is 1.50. The summed E-state index contributed by atoms with van der Waals surface area (Å²) >= 11 is 0. The normalized spacial score (nSPS) is 19.3. The van der Waals surface area contributed by atoms with E-state index in [1.807, 2.05) is 0 Å². The summed E-state index contributed by atoms with van der Waals surface area (Å²) in [6.45, 7) is 2.08. The van der Waals surface area contributed by atoms with Crippen LogP contribution in [0.5, 0.6) is 0 Å². The first kappa shape index (κ1) is 11.3. The van der Waals surface area contributed by atoms with Gasteiger partial charge in [-0.15, -0.1) is 0 Å². The van der Waals surface area contributed by atoms with E-state index in [0.29, 0.717) is 11.8 Å². The van der Waals surface area contributed by atoms with Crippen LogP contribution in [0.3, 0.4) is 0 Å². The summed E-state index contributed by atoms with van der Waals surface area (Å²) < 4.78 is 18.0. The molecule has 0 amide bonds. The lowest BCUT2D eigenvalue weighted by atomic mass is 10.1. The summed E-state index contributed by atoms with van der Waals surface area (Å²) in [5, 5.41) is 7.28. The van der Waals surface area contributed by atoms with Crippen molar-refractivity contribution in [2.45, 2.75) is 12.8 Å². The highest BCUT2D eigenvalue weighted by Crippen LogP contribution is 2.19. The largest absolute Gasteiger partial charge is 0.334 e. The lowest BCUT2D eigenvalue weighted by Gasteiger charge is -2.01. The van der Waals surface area contributed by atoms with E-state index in [1.54, 1.807) is 12.1 Å². The number of aromatic nitrogens is 2. The molecule has 0 saturated carbocycles. The van der Waals surface area contributed by atoms with Crippen molar-refractivity contribution in [3.63, 3.8) is 0 Å². The second kappa shape index (κ2) is 4.86. The fourth-order valence-corrected chi connectivity index (χ4v) is 2.19. The van der Waals surface area contributed by atoms with Crippen LogP contribution in [0.2, 0.25) is 0 Å². The summed E-state index contributed by atoms with van der Waals surface area (Å²) in [5.41, 5.74) is 0.750. The SMILES string of the molecule is Fc1ccc(-c2nc(C[C@@H]3CCNC3)no2)cc1. The first-order chi connectivity index (χ1) is 8.81. The van der Waals surface area contributed by atoms with Gasteiger partial charge in [0.1, 0.15) is 5.82 Å². The van der Waals surface area contributed by atoms with Crippen molar-refractivity contribution in [2.75, 3.05) is 13.1 Å². The zero-order valence-electron chi connectivity index (χ0n) is 9.90. The first-order valence-corrected chi connectivity index (χ1v) is 6.10. The predicted octanol–water partition coefficient (Wildman–Crippen LogP) is 2.03. The third kappa shape index (κ3) is 2.41. The highest BCUT2D eigenvalue weighted by atomic mass is 19.1. The molecule has 2 heterocycles. The van der Waals surface area contributed by atoms with Crippen molar-refractivity contribution in [1.29, 1.82) is 0 Å². The molecule has 1 atom stereocenters. The second-order valence-electron chi connectivity index (χ2n) is 4.59. The number of hydrogen-bond donors (Lipinski definition) is 1. The molecule has 3 rings (SSSR count). The quantitative estimate of drug-likeness (QED) is 0.901. The van der Waals surface area contributed by atoms with Gasteiger partial charge >= 0.3 is 0 Å². The molecule has 0 spiro atoms. The van der Waals surface area contributed by atoms with E-state index in [4.69, 9.17) is 4.52 Å². The van der Waals surface area contributed by atoms with E-state index in [9.17, 15) is 4.39 Å². The molecule has 5 heteroatoms. The minimum absolute atomic E-state index is 0.268. The molecule has 2 aromatic rings. The van der Waals surface area contributed by atoms with Crippen LogP contribution >= 0.6 is 0 Å². The average molecular weight is 247 g/mol. The lowest BCUT2D eigenvalue weighted by Crippen LogP contribution is -2.11. The molecule has 18 heavy (non-hydrogen) atoms. The number of halogens is 1. The summed E-state index contributed by atoms with van der Waals surface area (Å²) in [6.07, 6.45) is 1.98. The topological polar surface area (TPSA) is 51.0 Å². The van der Waals surface area contributed by atoms with E-state index in [2.05, 4.69) is 15.5 Å². The molecule has 1 aromatic heterocycles. The number of nitrogens with one attached hydrogen (secondary N) is 1. The fraction of sp³-hybridized carbons (Fsp3) is 0.385. The van der Waals surface area contributed by atoms with Crippen molar-refractivity contribution < 1.29 is 8.91 Å². The Kier molecular flexibility index (Phi) is 3.06. The Hall–Kier alpha value is -1.75. The molecule has 94 valence electrons. The molecule has 1 N–H and O–H groups in total. The van der Waals surface area contributed by atoms with Gasteiger partial charge in [-0.05, 0) is 49.7 Å². The van der Waals surface area contributed by atoms with Crippen LogP contribution in [0.15, 0.2) is 28.8 Å². The van der Waals surface area contributed by atoms with Crippen molar-refractivity contribution in [3.05, 3.63) is 35.9 Å². The van der Waals surface area contributed by atoms with E-state index >= 15 is 0 Å². The Bertz CT molecular complexity index is 517. The van der Waals surface area contributed by atoms with E-state index in [0.717, 1.165) is 37.3 Å². The molecule has 1 fully saturated rings. The monoisotopic (exact) mass is 247 g/mol. The van der Waals surface area contributed by atoms with Crippen molar-refractivity contribution in [2.24, 2.45) is 5.92 Å². The van der Waals surface area contributed by atoms with Crippen LogP contribution in [0.1, 0.15) is 12.2 Å². The third-order valence-electron chi connectivity index (χ3n) is 3.19. The standard InChI is InChI=1S/C13H14FN3O/c14-11-3-1-10(2-4-11)13-16-12(17-18-13)7-9-5-6-15-8-9/h1-4,9,15H,5-8H2/t9-/m0/s1. The van der Waals surface area contributed by atoms with Crippen molar-refractivity contribution in [1.82, 2.24) is 15.5 Å². The Morgan fingerprint density at radius 2 is 2.17 bits per heavy atom. The first-order valence-electron chi connectivity index (χ1n) is 6.10. The van der Waals surface area contributed by atoms with Gasteiger partial charge < -0.3 is 9.84 Å². The second-order valence-corrected chi connectivity index (χ2v) is 4.59. The highest BCUT2D eigenvalue weighted by Gasteiger charge is 2.18. The summed E-state index contributed by atoms with van der Waals surface area (Å²) in [7, 11) is 0. The van der Waals surface area contributed by atoms with Crippen LogP contribution in [0.25, 0.3) is 11.5 Å². The van der Waals surface area contributed by atoms with Gasteiger partial charge in [-0.25, -0.2) is 4.39 Å². The Balaban J connectivity index is 1.74. The van der Waals surface area contributed by atoms with E-state index in [-0.39, 0.29) is 5.82 Å². The molecule has 0 radical (unpaired) electrons. The molecule has 4 nitrogen and oxygen atoms in total. The maximum Gasteiger partial charge on any atom is 0.257 e. The van der Waals surface area contributed by atoms with Crippen LogP contribution in [-0.4, -0.2) is 23.2 Å².